The van der Waals surface area contributed by atoms with Crippen molar-refractivity contribution in [2.24, 2.45) is 0 Å². The van der Waals surface area contributed by atoms with E-state index in [0.29, 0.717) is 0 Å². The van der Waals surface area contributed by atoms with E-state index in [1.165, 1.54) is 0 Å². The van der Waals surface area contributed by atoms with E-state index in [1.54, 1.807) is 6.07 Å². The van der Waals surface area contributed by atoms with Gasteiger partial charge in [0.2, 0.25) is 0 Å². The van der Waals surface area contributed by atoms with E-state index in [9.17, 15) is 8.78 Å². The summed E-state index contributed by atoms with van der Waals surface area (Å²) < 4.78 is 28.3. The molecule has 1 N–H and O–H groups in total. The zero-order chi connectivity index (χ0) is 13.8. The molecule has 0 aromatic heterocycles. The van der Waals surface area contributed by atoms with Gasteiger partial charge in [-0.25, -0.2) is 8.78 Å². The van der Waals surface area contributed by atoms with Crippen molar-refractivity contribution >= 4 is 28.3 Å². The highest BCUT2D eigenvalue weighted by molar-refractivity contribution is 14.1. The van der Waals surface area contributed by atoms with Crippen LogP contribution in [0.3, 0.4) is 0 Å². The first-order chi connectivity index (χ1) is 9.10. The van der Waals surface area contributed by atoms with Crippen LogP contribution in [-0.2, 0) is 6.54 Å². The minimum Gasteiger partial charge on any atom is -0.381 e. The maximum absolute atomic E-state index is 13.6. The summed E-state index contributed by atoms with van der Waals surface area (Å²) >= 11 is 2.16. The molecule has 0 spiro atoms. The molecule has 0 amide bonds. The van der Waals surface area contributed by atoms with Crippen LogP contribution in [0.2, 0.25) is 0 Å². The van der Waals surface area contributed by atoms with Crippen molar-refractivity contribution in [2.45, 2.75) is 6.54 Å². The van der Waals surface area contributed by atoms with Crippen molar-refractivity contribution in [1.82, 2.24) is 0 Å². The van der Waals surface area contributed by atoms with Crippen LogP contribution in [0.25, 0.3) is 0 Å². The van der Waals surface area contributed by atoms with Crippen molar-refractivity contribution < 1.29 is 8.78 Å². The largest absolute Gasteiger partial charge is 0.381 e. The summed E-state index contributed by atoms with van der Waals surface area (Å²) in [5.41, 5.74) is 0.695. The topological polar surface area (TPSA) is 35.8 Å². The van der Waals surface area contributed by atoms with Crippen LogP contribution in [0.1, 0.15) is 11.1 Å². The Morgan fingerprint density at radius 1 is 1.16 bits per heavy atom. The molecule has 0 aliphatic rings. The lowest BCUT2D eigenvalue weighted by molar-refractivity contribution is 0.559. The zero-order valence-corrected chi connectivity index (χ0v) is 11.9. The third-order valence-electron chi connectivity index (χ3n) is 2.56. The molecule has 2 aromatic carbocycles. The van der Waals surface area contributed by atoms with E-state index < -0.39 is 11.6 Å². The highest BCUT2D eigenvalue weighted by Gasteiger charge is 2.11. The number of nitrogens with one attached hydrogen (secondary N) is 1. The van der Waals surface area contributed by atoms with Crippen molar-refractivity contribution in [3.8, 4) is 6.07 Å². The van der Waals surface area contributed by atoms with Gasteiger partial charge in [-0.05, 0) is 52.9 Å². The highest BCUT2D eigenvalue weighted by Crippen LogP contribution is 2.18. The molecule has 2 aromatic rings. The normalized spacial score (nSPS) is 10.0. The van der Waals surface area contributed by atoms with Gasteiger partial charge in [-0.2, -0.15) is 5.26 Å². The number of nitriles is 1. The first-order valence-corrected chi connectivity index (χ1v) is 6.55. The van der Waals surface area contributed by atoms with Crippen molar-refractivity contribution in [3.63, 3.8) is 0 Å². The number of hydrogen-bond acceptors (Lipinski definition) is 2. The highest BCUT2D eigenvalue weighted by atomic mass is 127. The lowest BCUT2D eigenvalue weighted by Crippen LogP contribution is -2.05. The third kappa shape index (κ3) is 3.41. The van der Waals surface area contributed by atoms with E-state index >= 15 is 0 Å². The molecule has 0 saturated heterocycles. The number of hydrogen-bond donors (Lipinski definition) is 1. The Bertz CT molecular complexity index is 627. The Morgan fingerprint density at radius 3 is 2.42 bits per heavy atom. The first-order valence-electron chi connectivity index (χ1n) is 5.47. The lowest BCUT2D eigenvalue weighted by atomic mass is 10.1. The molecule has 0 heterocycles. The van der Waals surface area contributed by atoms with Crippen LogP contribution < -0.4 is 5.32 Å². The fraction of sp³-hybridized carbons (Fsp3) is 0.0714. The zero-order valence-electron chi connectivity index (χ0n) is 9.75. The second-order valence-corrected chi connectivity index (χ2v) is 5.14. The van der Waals surface area contributed by atoms with Gasteiger partial charge in [-0.3, -0.25) is 0 Å². The summed E-state index contributed by atoms with van der Waals surface area (Å²) in [4.78, 5) is 0. The van der Waals surface area contributed by atoms with Crippen LogP contribution in [-0.4, -0.2) is 0 Å². The fourth-order valence-electron chi connectivity index (χ4n) is 1.63. The molecule has 2 rings (SSSR count). The van der Waals surface area contributed by atoms with Crippen molar-refractivity contribution in [2.75, 3.05) is 5.32 Å². The Morgan fingerprint density at radius 2 is 1.84 bits per heavy atom. The molecule has 0 fully saturated rings. The molecule has 0 aliphatic carbocycles. The maximum atomic E-state index is 13.6. The van der Waals surface area contributed by atoms with Gasteiger partial charge in [0.05, 0.1) is 11.6 Å². The Kier molecular flexibility index (Phi) is 4.32. The maximum Gasteiger partial charge on any atom is 0.132 e. The third-order valence-corrected chi connectivity index (χ3v) is 3.24. The van der Waals surface area contributed by atoms with Crippen molar-refractivity contribution in [3.05, 3.63) is 62.7 Å². The lowest BCUT2D eigenvalue weighted by Gasteiger charge is -2.09. The molecule has 0 radical (unpaired) electrons. The molecule has 0 bridgehead atoms. The summed E-state index contributed by atoms with van der Waals surface area (Å²) in [5.74, 6) is -1.43. The van der Waals surface area contributed by atoms with E-state index in [0.717, 1.165) is 21.4 Å². The number of nitrogens with zero attached hydrogens (tertiary/aromatic N) is 1. The second-order valence-electron chi connectivity index (χ2n) is 3.89. The van der Waals surface area contributed by atoms with E-state index in [-0.39, 0.29) is 17.7 Å². The molecular weight excluding hydrogens is 361 g/mol. The Balaban J connectivity index is 2.18. The van der Waals surface area contributed by atoms with Gasteiger partial charge in [0.15, 0.2) is 0 Å². The molecule has 0 unspecified atom stereocenters. The molecule has 0 saturated carbocycles. The van der Waals surface area contributed by atoms with Gasteiger partial charge in [-0.1, -0.05) is 6.07 Å². The van der Waals surface area contributed by atoms with Crippen molar-refractivity contribution in [1.29, 1.82) is 5.26 Å². The summed E-state index contributed by atoms with van der Waals surface area (Å²) in [6.45, 7) is 0.0312. The molecule has 2 nitrogen and oxygen atoms in total. The second kappa shape index (κ2) is 5.97. The first kappa shape index (κ1) is 13.7. The molecule has 0 atom stereocenters. The van der Waals surface area contributed by atoms with Crippen LogP contribution in [0, 0.1) is 26.5 Å². The summed E-state index contributed by atoms with van der Waals surface area (Å²) in [7, 11) is 0. The SMILES string of the molecule is N#Cc1cc(F)c(CNc2cccc(I)c2)c(F)c1. The number of benzene rings is 2. The van der Waals surface area contributed by atoms with Gasteiger partial charge in [0, 0.05) is 21.4 Å². The summed E-state index contributed by atoms with van der Waals surface area (Å²) in [6, 6.07) is 11.3. The number of halogens is 3. The van der Waals surface area contributed by atoms with Gasteiger partial charge < -0.3 is 5.32 Å². The smallest absolute Gasteiger partial charge is 0.132 e. The predicted octanol–water partition coefficient (Wildman–Crippen LogP) is 4.05. The number of anilines is 1. The standard InChI is InChI=1S/C14H9F2IN2/c15-13-4-9(7-18)5-14(16)12(13)8-19-11-3-1-2-10(17)6-11/h1-6,19H,8H2. The predicted molar refractivity (Wildman–Crippen MR) is 77.6 cm³/mol. The van der Waals surface area contributed by atoms with E-state index in [4.69, 9.17) is 5.26 Å². The molecular formula is C14H9F2IN2. The molecule has 96 valence electrons. The average Bonchev–Trinajstić information content (AvgIpc) is 2.37. The number of rotatable bonds is 3. The van der Waals surface area contributed by atoms with Gasteiger partial charge in [0.1, 0.15) is 11.6 Å². The van der Waals surface area contributed by atoms with Gasteiger partial charge >= 0.3 is 0 Å². The monoisotopic (exact) mass is 370 g/mol. The van der Waals surface area contributed by atoms with Gasteiger partial charge in [-0.15, -0.1) is 0 Å². The Hall–Kier alpha value is -1.68. The minimum absolute atomic E-state index is 0.0204. The summed E-state index contributed by atoms with van der Waals surface area (Å²) in [6.07, 6.45) is 0. The average molecular weight is 370 g/mol. The molecule has 19 heavy (non-hydrogen) atoms. The van der Waals surface area contributed by atoms with Crippen LogP contribution in [0.5, 0.6) is 0 Å². The fourth-order valence-corrected chi connectivity index (χ4v) is 2.17. The van der Waals surface area contributed by atoms with Crippen LogP contribution >= 0.6 is 22.6 Å². The van der Waals surface area contributed by atoms with Crippen LogP contribution in [0.15, 0.2) is 36.4 Å². The molecule has 0 aliphatic heterocycles. The molecule has 5 heteroatoms. The van der Waals surface area contributed by atoms with Crippen LogP contribution in [0.4, 0.5) is 14.5 Å². The van der Waals surface area contributed by atoms with E-state index in [2.05, 4.69) is 27.9 Å². The minimum atomic E-state index is -0.713. The van der Waals surface area contributed by atoms with Gasteiger partial charge in [0.25, 0.3) is 0 Å². The quantitative estimate of drug-likeness (QED) is 0.828. The van der Waals surface area contributed by atoms with E-state index in [1.807, 2.05) is 24.3 Å². The summed E-state index contributed by atoms with van der Waals surface area (Å²) in [5, 5.41) is 11.6. The Labute approximate surface area is 123 Å².